The molecular weight excluding hydrogens is 266 g/mol. The molecule has 2 aromatic rings. The number of amides is 1. The van der Waals surface area contributed by atoms with Gasteiger partial charge in [0.25, 0.3) is 0 Å². The summed E-state index contributed by atoms with van der Waals surface area (Å²) in [5.74, 6) is -0.434. The summed E-state index contributed by atoms with van der Waals surface area (Å²) in [6.07, 6.45) is 3.64. The number of carbonyl (C=O) groups is 1. The van der Waals surface area contributed by atoms with Crippen LogP contribution in [0.1, 0.15) is 5.56 Å². The van der Waals surface area contributed by atoms with E-state index in [4.69, 9.17) is 4.74 Å². The average molecular weight is 281 g/mol. The molecule has 106 valence electrons. The second-order valence-corrected chi connectivity index (χ2v) is 4.46. The molecule has 0 fully saturated rings. The molecule has 1 aromatic heterocycles. The quantitative estimate of drug-likeness (QED) is 0.913. The van der Waals surface area contributed by atoms with Crippen molar-refractivity contribution in [3.05, 3.63) is 54.4 Å². The van der Waals surface area contributed by atoms with Crippen LogP contribution >= 0.6 is 0 Å². The van der Waals surface area contributed by atoms with Crippen molar-refractivity contribution < 1.29 is 9.53 Å². The van der Waals surface area contributed by atoms with E-state index in [9.17, 15) is 10.1 Å². The fourth-order valence-corrected chi connectivity index (χ4v) is 1.88. The van der Waals surface area contributed by atoms with Crippen LogP contribution in [0.15, 0.2) is 48.8 Å². The van der Waals surface area contributed by atoms with Crippen LogP contribution in [0.3, 0.4) is 0 Å². The van der Waals surface area contributed by atoms with E-state index in [0.717, 1.165) is 5.56 Å². The van der Waals surface area contributed by atoms with Crippen LogP contribution in [0.5, 0.6) is 5.75 Å². The number of anilines is 1. The van der Waals surface area contributed by atoms with Gasteiger partial charge in [-0.05, 0) is 36.2 Å². The summed E-state index contributed by atoms with van der Waals surface area (Å²) >= 11 is 0. The van der Waals surface area contributed by atoms with Crippen molar-refractivity contribution in [2.75, 3.05) is 12.4 Å². The van der Waals surface area contributed by atoms with Crippen molar-refractivity contribution >= 4 is 11.6 Å². The summed E-state index contributed by atoms with van der Waals surface area (Å²) < 4.78 is 5.10. The van der Waals surface area contributed by atoms with Gasteiger partial charge >= 0.3 is 0 Å². The number of carbonyl (C=O) groups excluding carboxylic acids is 1. The van der Waals surface area contributed by atoms with E-state index in [1.54, 1.807) is 55.9 Å². The molecule has 0 saturated heterocycles. The Morgan fingerprint density at radius 2 is 2.14 bits per heavy atom. The number of pyridine rings is 1. The Kier molecular flexibility index (Phi) is 4.89. The SMILES string of the molecule is COc1cccc(NC(=O)[C@@H](C#N)Cc2ccncc2)c1. The van der Waals surface area contributed by atoms with E-state index in [0.29, 0.717) is 17.9 Å². The van der Waals surface area contributed by atoms with Crippen molar-refractivity contribution in [2.45, 2.75) is 6.42 Å². The third-order valence-corrected chi connectivity index (χ3v) is 3.00. The molecule has 5 heteroatoms. The maximum Gasteiger partial charge on any atom is 0.242 e. The predicted octanol–water partition coefficient (Wildman–Crippen LogP) is 2.41. The van der Waals surface area contributed by atoms with Gasteiger partial charge in [0.2, 0.25) is 5.91 Å². The van der Waals surface area contributed by atoms with Gasteiger partial charge in [-0.3, -0.25) is 9.78 Å². The minimum atomic E-state index is -0.751. The lowest BCUT2D eigenvalue weighted by Gasteiger charge is -2.11. The predicted molar refractivity (Wildman–Crippen MR) is 78.7 cm³/mol. The van der Waals surface area contributed by atoms with E-state index in [1.807, 2.05) is 6.07 Å². The summed E-state index contributed by atoms with van der Waals surface area (Å²) in [6.45, 7) is 0. The highest BCUT2D eigenvalue weighted by Crippen LogP contribution is 2.18. The fourth-order valence-electron chi connectivity index (χ4n) is 1.88. The molecule has 5 nitrogen and oxygen atoms in total. The first-order valence-corrected chi connectivity index (χ1v) is 6.46. The molecule has 0 saturated carbocycles. The molecule has 1 atom stereocenters. The van der Waals surface area contributed by atoms with Crippen molar-refractivity contribution in [3.8, 4) is 11.8 Å². The zero-order valence-corrected chi connectivity index (χ0v) is 11.6. The van der Waals surface area contributed by atoms with Crippen LogP contribution in [-0.2, 0) is 11.2 Å². The molecule has 1 heterocycles. The average Bonchev–Trinajstić information content (AvgIpc) is 2.53. The first-order chi connectivity index (χ1) is 10.2. The highest BCUT2D eigenvalue weighted by atomic mass is 16.5. The normalized spacial score (nSPS) is 11.2. The Morgan fingerprint density at radius 3 is 2.81 bits per heavy atom. The van der Waals surface area contributed by atoms with Gasteiger partial charge in [0.05, 0.1) is 13.2 Å². The zero-order chi connectivity index (χ0) is 15.1. The number of rotatable bonds is 5. The Hall–Kier alpha value is -2.87. The second kappa shape index (κ2) is 7.06. The Labute approximate surface area is 123 Å². The standard InChI is InChI=1S/C16H15N3O2/c1-21-15-4-2-3-14(10-15)19-16(20)13(11-17)9-12-5-7-18-8-6-12/h2-8,10,13H,9H2,1H3,(H,19,20)/t13-/m1/s1. The molecule has 0 bridgehead atoms. The second-order valence-electron chi connectivity index (χ2n) is 4.46. The molecule has 1 N–H and O–H groups in total. The molecule has 0 aliphatic heterocycles. The molecule has 0 aliphatic carbocycles. The third kappa shape index (κ3) is 4.05. The molecule has 21 heavy (non-hydrogen) atoms. The van der Waals surface area contributed by atoms with E-state index >= 15 is 0 Å². The number of aromatic nitrogens is 1. The van der Waals surface area contributed by atoms with Gasteiger partial charge in [-0.1, -0.05) is 6.07 Å². The summed E-state index contributed by atoms with van der Waals surface area (Å²) in [4.78, 5) is 16.1. The Morgan fingerprint density at radius 1 is 1.38 bits per heavy atom. The lowest BCUT2D eigenvalue weighted by Crippen LogP contribution is -2.23. The lowest BCUT2D eigenvalue weighted by molar-refractivity contribution is -0.118. The number of nitrogens with zero attached hydrogens (tertiary/aromatic N) is 2. The van der Waals surface area contributed by atoms with Crippen LogP contribution in [0.2, 0.25) is 0 Å². The van der Waals surface area contributed by atoms with Gasteiger partial charge in [0.1, 0.15) is 11.7 Å². The summed E-state index contributed by atoms with van der Waals surface area (Å²) in [7, 11) is 1.56. The first-order valence-electron chi connectivity index (χ1n) is 6.46. The smallest absolute Gasteiger partial charge is 0.242 e. The van der Waals surface area contributed by atoms with Gasteiger partial charge in [-0.2, -0.15) is 5.26 Å². The molecular formula is C16H15N3O2. The molecule has 0 unspecified atom stereocenters. The number of nitrogens with one attached hydrogen (secondary N) is 1. The largest absolute Gasteiger partial charge is 0.497 e. The summed E-state index contributed by atoms with van der Waals surface area (Å²) in [5.41, 5.74) is 1.51. The van der Waals surface area contributed by atoms with E-state index in [-0.39, 0.29) is 5.91 Å². The highest BCUT2D eigenvalue weighted by molar-refractivity contribution is 5.94. The molecule has 0 aliphatic rings. The number of methoxy groups -OCH3 is 1. The monoisotopic (exact) mass is 281 g/mol. The van der Waals surface area contributed by atoms with Crippen LogP contribution in [0.4, 0.5) is 5.69 Å². The maximum absolute atomic E-state index is 12.2. The molecule has 1 aromatic carbocycles. The van der Waals surface area contributed by atoms with Gasteiger partial charge in [-0.15, -0.1) is 0 Å². The summed E-state index contributed by atoms with van der Waals surface area (Å²) in [5, 5.41) is 11.9. The van der Waals surface area contributed by atoms with Crippen molar-refractivity contribution in [2.24, 2.45) is 5.92 Å². The first kappa shape index (κ1) is 14.5. The van der Waals surface area contributed by atoms with Gasteiger partial charge in [0, 0.05) is 24.1 Å². The minimum Gasteiger partial charge on any atom is -0.497 e. The highest BCUT2D eigenvalue weighted by Gasteiger charge is 2.18. The van der Waals surface area contributed by atoms with E-state index in [1.165, 1.54) is 0 Å². The fraction of sp³-hybridized carbons (Fsp3) is 0.188. The number of hydrogen-bond acceptors (Lipinski definition) is 4. The lowest BCUT2D eigenvalue weighted by atomic mass is 10.0. The molecule has 2 rings (SSSR count). The molecule has 0 radical (unpaired) electrons. The van der Waals surface area contributed by atoms with Crippen molar-refractivity contribution in [3.63, 3.8) is 0 Å². The van der Waals surface area contributed by atoms with Crippen LogP contribution in [0.25, 0.3) is 0 Å². The number of benzene rings is 1. The van der Waals surface area contributed by atoms with Crippen LogP contribution in [-0.4, -0.2) is 18.0 Å². The van der Waals surface area contributed by atoms with E-state index < -0.39 is 5.92 Å². The topological polar surface area (TPSA) is 75.0 Å². The third-order valence-electron chi connectivity index (χ3n) is 3.00. The van der Waals surface area contributed by atoms with Crippen LogP contribution in [0, 0.1) is 17.2 Å². The maximum atomic E-state index is 12.2. The van der Waals surface area contributed by atoms with Crippen molar-refractivity contribution in [1.29, 1.82) is 5.26 Å². The Balaban J connectivity index is 2.05. The Bertz CT molecular complexity index is 650. The van der Waals surface area contributed by atoms with Crippen LogP contribution < -0.4 is 10.1 Å². The van der Waals surface area contributed by atoms with Gasteiger partial charge in [0.15, 0.2) is 0 Å². The van der Waals surface area contributed by atoms with Gasteiger partial charge < -0.3 is 10.1 Å². The number of hydrogen-bond donors (Lipinski definition) is 1. The molecule has 1 amide bonds. The van der Waals surface area contributed by atoms with Gasteiger partial charge in [-0.25, -0.2) is 0 Å². The number of ether oxygens (including phenoxy) is 1. The van der Waals surface area contributed by atoms with Crippen molar-refractivity contribution in [1.82, 2.24) is 4.98 Å². The van der Waals surface area contributed by atoms with E-state index in [2.05, 4.69) is 10.3 Å². The summed E-state index contributed by atoms with van der Waals surface area (Å²) in [6, 6.07) is 12.6. The molecule has 0 spiro atoms. The number of nitriles is 1. The minimum absolute atomic E-state index is 0.331. The zero-order valence-electron chi connectivity index (χ0n) is 11.6.